The van der Waals surface area contributed by atoms with Crippen LogP contribution in [0, 0.1) is 17.8 Å². The molecular weight excluding hydrogens is 228 g/mol. The molecule has 0 aromatic rings. The Morgan fingerprint density at radius 1 is 1.00 bits per heavy atom. The van der Waals surface area contributed by atoms with Crippen LogP contribution in [-0.4, -0.2) is 32.1 Å². The zero-order valence-electron chi connectivity index (χ0n) is 12.1. The zero-order valence-corrected chi connectivity index (χ0v) is 12.1. The lowest BCUT2D eigenvalue weighted by Gasteiger charge is -2.58. The van der Waals surface area contributed by atoms with Crippen LogP contribution < -0.4 is 0 Å². The topological polar surface area (TPSA) is 60.7 Å². The number of rotatable bonds is 1. The van der Waals surface area contributed by atoms with E-state index >= 15 is 0 Å². The van der Waals surface area contributed by atoms with Crippen LogP contribution in [0.2, 0.25) is 0 Å². The lowest BCUT2D eigenvalue weighted by molar-refractivity contribution is -0.234. The average Bonchev–Trinajstić information content (AvgIpc) is 2.12. The average molecular weight is 256 g/mol. The number of hydrogen-bond donors (Lipinski definition) is 3. The molecule has 0 aliphatic heterocycles. The van der Waals surface area contributed by atoms with E-state index in [4.69, 9.17) is 0 Å². The minimum atomic E-state index is -0.919. The highest BCUT2D eigenvalue weighted by atomic mass is 16.3. The van der Waals surface area contributed by atoms with Crippen molar-refractivity contribution in [2.45, 2.75) is 76.6 Å². The Morgan fingerprint density at radius 2 is 1.61 bits per heavy atom. The molecule has 0 saturated heterocycles. The highest BCUT2D eigenvalue weighted by molar-refractivity contribution is 5.10. The van der Waals surface area contributed by atoms with Gasteiger partial charge in [0.25, 0.3) is 0 Å². The summed E-state index contributed by atoms with van der Waals surface area (Å²) < 4.78 is 0. The second kappa shape index (κ2) is 4.19. The van der Waals surface area contributed by atoms with Gasteiger partial charge < -0.3 is 15.3 Å². The summed E-state index contributed by atoms with van der Waals surface area (Å²) in [7, 11) is 0. The largest absolute Gasteiger partial charge is 0.390 e. The van der Waals surface area contributed by atoms with Crippen LogP contribution in [0.5, 0.6) is 0 Å². The summed E-state index contributed by atoms with van der Waals surface area (Å²) in [6, 6.07) is 0. The minimum absolute atomic E-state index is 0.105. The molecule has 3 N–H and O–H groups in total. The van der Waals surface area contributed by atoms with Crippen molar-refractivity contribution >= 4 is 0 Å². The first-order valence-corrected chi connectivity index (χ1v) is 7.26. The lowest BCUT2D eigenvalue weighted by atomic mass is 9.52. The molecular formula is C15H28O3. The monoisotopic (exact) mass is 256 g/mol. The minimum Gasteiger partial charge on any atom is -0.390 e. The predicted molar refractivity (Wildman–Crippen MR) is 71.1 cm³/mol. The molecule has 3 heteroatoms. The molecule has 0 heterocycles. The molecule has 0 bridgehead atoms. The Labute approximate surface area is 110 Å². The van der Waals surface area contributed by atoms with Crippen molar-refractivity contribution in [2.75, 3.05) is 0 Å². The van der Waals surface area contributed by atoms with Gasteiger partial charge in [-0.15, -0.1) is 0 Å². The second-order valence-electron chi connectivity index (χ2n) is 7.50. The highest BCUT2D eigenvalue weighted by Gasteiger charge is 2.59. The second-order valence-corrected chi connectivity index (χ2v) is 7.50. The Kier molecular flexibility index (Phi) is 3.33. The molecule has 0 aromatic carbocycles. The summed E-state index contributed by atoms with van der Waals surface area (Å²) in [6.07, 6.45) is 3.36. The Morgan fingerprint density at radius 3 is 2.17 bits per heavy atom. The molecule has 0 aromatic heterocycles. The molecule has 2 aliphatic rings. The van der Waals surface area contributed by atoms with Crippen LogP contribution in [0.3, 0.4) is 0 Å². The van der Waals surface area contributed by atoms with E-state index in [2.05, 4.69) is 13.8 Å². The number of fused-ring (bicyclic) bond motifs is 1. The first-order chi connectivity index (χ1) is 8.08. The summed E-state index contributed by atoms with van der Waals surface area (Å²) >= 11 is 0. The molecule has 18 heavy (non-hydrogen) atoms. The van der Waals surface area contributed by atoms with Crippen molar-refractivity contribution in [2.24, 2.45) is 17.8 Å². The third kappa shape index (κ3) is 2.21. The van der Waals surface area contributed by atoms with E-state index in [-0.39, 0.29) is 11.8 Å². The molecule has 2 aliphatic carbocycles. The van der Waals surface area contributed by atoms with Crippen molar-refractivity contribution < 1.29 is 15.3 Å². The van der Waals surface area contributed by atoms with Crippen LogP contribution in [0.4, 0.5) is 0 Å². The zero-order chi connectivity index (χ0) is 13.8. The van der Waals surface area contributed by atoms with E-state index < -0.39 is 16.8 Å². The summed E-state index contributed by atoms with van der Waals surface area (Å²) in [5, 5.41) is 32.0. The Hall–Kier alpha value is -0.120. The van der Waals surface area contributed by atoms with Gasteiger partial charge in [-0.1, -0.05) is 13.8 Å². The molecule has 5 unspecified atom stereocenters. The maximum atomic E-state index is 11.2. The van der Waals surface area contributed by atoms with Gasteiger partial charge in [-0.25, -0.2) is 0 Å². The molecule has 2 fully saturated rings. The van der Waals surface area contributed by atoms with Crippen LogP contribution in [-0.2, 0) is 0 Å². The van der Waals surface area contributed by atoms with Crippen molar-refractivity contribution in [3.05, 3.63) is 0 Å². The summed E-state index contributed by atoms with van der Waals surface area (Å²) in [5.41, 5.74) is -2.51. The van der Waals surface area contributed by atoms with Gasteiger partial charge in [-0.05, 0) is 51.4 Å². The molecule has 2 saturated carbocycles. The van der Waals surface area contributed by atoms with Crippen LogP contribution in [0.25, 0.3) is 0 Å². The number of aliphatic hydroxyl groups is 3. The first-order valence-electron chi connectivity index (χ1n) is 7.26. The maximum Gasteiger partial charge on any atom is 0.0760 e. The van der Waals surface area contributed by atoms with Crippen molar-refractivity contribution in [1.82, 2.24) is 0 Å². The third-order valence-electron chi connectivity index (χ3n) is 5.40. The van der Waals surface area contributed by atoms with Crippen molar-refractivity contribution in [3.8, 4) is 0 Å². The van der Waals surface area contributed by atoms with Crippen molar-refractivity contribution in [1.29, 1.82) is 0 Å². The molecule has 3 nitrogen and oxygen atoms in total. The smallest absolute Gasteiger partial charge is 0.0760 e. The fourth-order valence-corrected chi connectivity index (χ4v) is 4.55. The molecule has 5 atom stereocenters. The quantitative estimate of drug-likeness (QED) is 0.673. The fraction of sp³-hybridized carbons (Fsp3) is 1.00. The van der Waals surface area contributed by atoms with E-state index in [0.29, 0.717) is 25.2 Å². The van der Waals surface area contributed by atoms with E-state index in [1.54, 1.807) is 0 Å². The fourth-order valence-electron chi connectivity index (χ4n) is 4.55. The van der Waals surface area contributed by atoms with Crippen LogP contribution >= 0.6 is 0 Å². The highest BCUT2D eigenvalue weighted by Crippen LogP contribution is 2.55. The standard InChI is InChI=1S/C15H28O3/c1-10(2)11-5-8-14(4,17)12-6-7-13(3,16)9-15(11,12)18/h10-12,16-18H,5-9H2,1-4H3. The van der Waals surface area contributed by atoms with E-state index in [1.807, 2.05) is 13.8 Å². The van der Waals surface area contributed by atoms with Gasteiger partial charge in [0.05, 0.1) is 16.8 Å². The Balaban J connectivity index is 2.36. The molecule has 2 rings (SSSR count). The number of hydrogen-bond acceptors (Lipinski definition) is 3. The summed E-state index contributed by atoms with van der Waals surface area (Å²) in [4.78, 5) is 0. The van der Waals surface area contributed by atoms with Gasteiger partial charge >= 0.3 is 0 Å². The predicted octanol–water partition coefficient (Wildman–Crippen LogP) is 2.09. The van der Waals surface area contributed by atoms with Gasteiger partial charge in [0, 0.05) is 12.3 Å². The van der Waals surface area contributed by atoms with E-state index in [9.17, 15) is 15.3 Å². The van der Waals surface area contributed by atoms with E-state index in [1.165, 1.54) is 0 Å². The van der Waals surface area contributed by atoms with E-state index in [0.717, 1.165) is 12.8 Å². The van der Waals surface area contributed by atoms with Gasteiger partial charge in [-0.2, -0.15) is 0 Å². The molecule has 0 radical (unpaired) electrons. The SMILES string of the molecule is CC(C)C1CCC(C)(O)C2CCC(C)(O)CC12O. The van der Waals surface area contributed by atoms with Crippen LogP contribution in [0.1, 0.15) is 59.8 Å². The normalized spacial score (nSPS) is 53.3. The third-order valence-corrected chi connectivity index (χ3v) is 5.40. The van der Waals surface area contributed by atoms with Gasteiger partial charge in [0.2, 0.25) is 0 Å². The lowest BCUT2D eigenvalue weighted by Crippen LogP contribution is -2.64. The molecule has 0 amide bonds. The first kappa shape index (κ1) is 14.3. The maximum absolute atomic E-state index is 11.2. The van der Waals surface area contributed by atoms with Gasteiger partial charge in [0.1, 0.15) is 0 Å². The summed E-state index contributed by atoms with van der Waals surface area (Å²) in [6.45, 7) is 7.91. The van der Waals surface area contributed by atoms with Gasteiger partial charge in [0.15, 0.2) is 0 Å². The van der Waals surface area contributed by atoms with Crippen molar-refractivity contribution in [3.63, 3.8) is 0 Å². The van der Waals surface area contributed by atoms with Crippen LogP contribution in [0.15, 0.2) is 0 Å². The summed E-state index contributed by atoms with van der Waals surface area (Å²) in [5.74, 6) is 0.448. The molecule has 106 valence electrons. The van der Waals surface area contributed by atoms with Gasteiger partial charge in [-0.3, -0.25) is 0 Å². The Bertz CT molecular complexity index is 322. The molecule has 0 spiro atoms.